The monoisotopic (exact) mass is 512 g/mol. The molecule has 0 saturated heterocycles. The number of carbonyl (C=O) groups excluding carboxylic acids is 2. The zero-order valence-corrected chi connectivity index (χ0v) is 20.5. The van der Waals surface area contributed by atoms with E-state index in [1.165, 1.54) is 11.1 Å². The molecule has 1 atom stereocenters. The fraction of sp³-hybridized carbons (Fsp3) is 0.417. The summed E-state index contributed by atoms with van der Waals surface area (Å²) in [5.41, 5.74) is 4.36. The van der Waals surface area contributed by atoms with Crippen LogP contribution >= 0.6 is 22.6 Å². The molecule has 0 bridgehead atoms. The van der Waals surface area contributed by atoms with Gasteiger partial charge in [0.25, 0.3) is 0 Å². The number of aryl methyl sites for hydroxylation is 2. The molecule has 0 aliphatic heterocycles. The van der Waals surface area contributed by atoms with Gasteiger partial charge in [-0.1, -0.05) is 82.2 Å². The molecule has 2 aromatic rings. The molecule has 2 rings (SSSR count). The molecule has 160 valence electrons. The van der Waals surface area contributed by atoms with E-state index >= 15 is 0 Å². The average molecular weight is 512 g/mol. The molecule has 1 unspecified atom stereocenters. The highest BCUT2D eigenvalue weighted by atomic mass is 127. The highest BCUT2D eigenvalue weighted by Gasteiger charge is 2.15. The van der Waals surface area contributed by atoms with Gasteiger partial charge < -0.3 is 9.47 Å². The minimum Gasteiger partial charge on any atom is -0.466 e. The minimum atomic E-state index is -0.171. The van der Waals surface area contributed by atoms with Crippen LogP contribution in [0.3, 0.4) is 0 Å². The maximum atomic E-state index is 11.4. The Labute approximate surface area is 189 Å². The van der Waals surface area contributed by atoms with E-state index in [0.29, 0.717) is 19.6 Å². The molecule has 0 N–H and O–H groups in total. The summed E-state index contributed by atoms with van der Waals surface area (Å²) in [6.07, 6.45) is 0.371. The number of ether oxygens (including phenoxy) is 2. The van der Waals surface area contributed by atoms with Crippen LogP contribution in [0.15, 0.2) is 48.5 Å². The third-order valence-electron chi connectivity index (χ3n) is 3.92. The molecule has 4 nitrogen and oxygen atoms in total. The maximum absolute atomic E-state index is 11.4. The lowest BCUT2D eigenvalue weighted by Gasteiger charge is -2.10. The molecule has 0 spiro atoms. The van der Waals surface area contributed by atoms with Crippen molar-refractivity contribution in [3.05, 3.63) is 70.8 Å². The molecular formula is C24H33IO4. The number of rotatable bonds is 6. The van der Waals surface area contributed by atoms with Crippen molar-refractivity contribution >= 4 is 34.5 Å². The molecule has 5 heteroatoms. The Morgan fingerprint density at radius 1 is 0.897 bits per heavy atom. The van der Waals surface area contributed by atoms with Crippen LogP contribution in [0.5, 0.6) is 0 Å². The van der Waals surface area contributed by atoms with Crippen LogP contribution < -0.4 is 0 Å². The Morgan fingerprint density at radius 3 is 1.97 bits per heavy atom. The Hall–Kier alpha value is -1.89. The van der Waals surface area contributed by atoms with Gasteiger partial charge in [-0.25, -0.2) is 0 Å². The summed E-state index contributed by atoms with van der Waals surface area (Å²) in [5, 5.41) is 0. The summed E-state index contributed by atoms with van der Waals surface area (Å²) in [4.78, 5) is 24.5. The Balaban J connectivity index is 0.000000499. The molecule has 0 heterocycles. The zero-order valence-electron chi connectivity index (χ0n) is 18.3. The van der Waals surface area contributed by atoms with Crippen LogP contribution in [0.25, 0.3) is 0 Å². The highest BCUT2D eigenvalue weighted by molar-refractivity contribution is 14.1. The van der Waals surface area contributed by atoms with E-state index in [9.17, 15) is 9.59 Å². The summed E-state index contributed by atoms with van der Waals surface area (Å²) < 4.78 is 9.81. The van der Waals surface area contributed by atoms with Crippen molar-refractivity contribution in [3.8, 4) is 0 Å². The van der Waals surface area contributed by atoms with Gasteiger partial charge in [-0.05, 0) is 50.7 Å². The molecule has 0 aliphatic carbocycles. The van der Waals surface area contributed by atoms with Crippen LogP contribution in [0.1, 0.15) is 48.9 Å². The second-order valence-electron chi connectivity index (χ2n) is 6.36. The maximum Gasteiger partial charge on any atom is 0.313 e. The third-order valence-corrected chi connectivity index (χ3v) is 3.92. The number of benzene rings is 2. The van der Waals surface area contributed by atoms with Gasteiger partial charge in [-0.2, -0.15) is 0 Å². The number of hydrogen-bond acceptors (Lipinski definition) is 4. The van der Waals surface area contributed by atoms with E-state index in [4.69, 9.17) is 9.47 Å². The average Bonchev–Trinajstić information content (AvgIpc) is 2.70. The summed E-state index contributed by atoms with van der Waals surface area (Å²) in [6, 6.07) is 15.8. The largest absolute Gasteiger partial charge is 0.466 e. The molecule has 0 amide bonds. The summed E-state index contributed by atoms with van der Waals surface area (Å²) in [7, 11) is 0. The summed E-state index contributed by atoms with van der Waals surface area (Å²) >= 11 is 2.15. The third kappa shape index (κ3) is 11.6. The smallest absolute Gasteiger partial charge is 0.313 e. The Morgan fingerprint density at radius 2 is 1.45 bits per heavy atom. The number of halogens is 1. The van der Waals surface area contributed by atoms with Crippen molar-refractivity contribution in [1.82, 2.24) is 0 Å². The Kier molecular flexibility index (Phi) is 14.9. The minimum absolute atomic E-state index is 0.155. The lowest BCUT2D eigenvalue weighted by atomic mass is 10.00. The van der Waals surface area contributed by atoms with Gasteiger partial charge in [0.2, 0.25) is 0 Å². The van der Waals surface area contributed by atoms with E-state index in [0.717, 1.165) is 11.1 Å². The number of hydrogen-bond donors (Lipinski definition) is 0. The van der Waals surface area contributed by atoms with Gasteiger partial charge in [0.15, 0.2) is 0 Å². The predicted octanol–water partition coefficient (Wildman–Crippen LogP) is 5.81. The topological polar surface area (TPSA) is 52.6 Å². The van der Waals surface area contributed by atoms with Crippen LogP contribution in [-0.4, -0.2) is 30.1 Å². The molecule has 0 aromatic heterocycles. The van der Waals surface area contributed by atoms with E-state index in [2.05, 4.69) is 22.6 Å². The van der Waals surface area contributed by atoms with Gasteiger partial charge in [0.05, 0.1) is 25.6 Å². The van der Waals surface area contributed by atoms with Crippen molar-refractivity contribution in [1.29, 1.82) is 0 Å². The van der Waals surface area contributed by atoms with Crippen LogP contribution in [0.4, 0.5) is 0 Å². The van der Waals surface area contributed by atoms with Gasteiger partial charge in [-0.15, -0.1) is 0 Å². The van der Waals surface area contributed by atoms with Gasteiger partial charge in [0, 0.05) is 0 Å². The number of carbonyl (C=O) groups is 2. The Bertz CT molecular complexity index is 743. The predicted molar refractivity (Wildman–Crippen MR) is 128 cm³/mol. The first-order chi connectivity index (χ1) is 13.9. The van der Waals surface area contributed by atoms with Crippen molar-refractivity contribution in [2.24, 2.45) is 0 Å². The molecule has 0 fully saturated rings. The first kappa shape index (κ1) is 27.1. The van der Waals surface area contributed by atoms with Crippen LogP contribution in [-0.2, 0) is 25.5 Å². The van der Waals surface area contributed by atoms with Gasteiger partial charge in [0.1, 0.15) is 0 Å². The van der Waals surface area contributed by atoms with E-state index in [1.807, 2.05) is 88.1 Å². The molecule has 0 aliphatic rings. The van der Waals surface area contributed by atoms with Crippen molar-refractivity contribution < 1.29 is 19.1 Å². The first-order valence-electron chi connectivity index (χ1n) is 9.69. The molecule has 0 radical (unpaired) electrons. The normalized spacial score (nSPS) is 10.4. The molecule has 0 saturated carbocycles. The van der Waals surface area contributed by atoms with Crippen LogP contribution in [0, 0.1) is 13.8 Å². The van der Waals surface area contributed by atoms with Crippen LogP contribution in [0.2, 0.25) is 0 Å². The number of esters is 2. The molecule has 2 aromatic carbocycles. The van der Waals surface area contributed by atoms with Crippen molar-refractivity contribution in [3.63, 3.8) is 0 Å². The second kappa shape index (κ2) is 16.0. The second-order valence-corrected chi connectivity index (χ2v) is 6.36. The quantitative estimate of drug-likeness (QED) is 0.278. The van der Waals surface area contributed by atoms with Gasteiger partial charge >= 0.3 is 11.9 Å². The van der Waals surface area contributed by atoms with E-state index in [-0.39, 0.29) is 17.9 Å². The van der Waals surface area contributed by atoms with E-state index < -0.39 is 0 Å². The number of alkyl halides is 1. The summed E-state index contributed by atoms with van der Waals surface area (Å²) in [6.45, 7) is 10.4. The SMILES string of the molecule is CCOC(=O)C(C)c1cccc(C)c1.CCOC(=O)Cc1cccc(C)c1.CI. The lowest BCUT2D eigenvalue weighted by molar-refractivity contribution is -0.144. The van der Waals surface area contributed by atoms with E-state index in [1.54, 1.807) is 0 Å². The lowest BCUT2D eigenvalue weighted by Crippen LogP contribution is -2.12. The van der Waals surface area contributed by atoms with Crippen molar-refractivity contribution in [2.45, 2.75) is 47.0 Å². The zero-order chi connectivity index (χ0) is 22.2. The molecule has 29 heavy (non-hydrogen) atoms. The standard InChI is InChI=1S/C12H16O2.C11H14O2.CH3I/c1-4-14-12(13)10(3)11-7-5-6-9(2)8-11;1-3-13-11(12)8-10-6-4-5-9(2)7-10;1-2/h5-8,10H,4H2,1-3H3;4-7H,3,8H2,1-2H3;1H3. The molecular weight excluding hydrogens is 479 g/mol. The van der Waals surface area contributed by atoms with Crippen molar-refractivity contribution in [2.75, 3.05) is 18.1 Å². The first-order valence-corrected chi connectivity index (χ1v) is 11.8. The van der Waals surface area contributed by atoms with Gasteiger partial charge in [-0.3, -0.25) is 9.59 Å². The fourth-order valence-corrected chi connectivity index (χ4v) is 2.54. The highest BCUT2D eigenvalue weighted by Crippen LogP contribution is 2.17. The summed E-state index contributed by atoms with van der Waals surface area (Å²) in [5.74, 6) is -0.485. The fourth-order valence-electron chi connectivity index (χ4n) is 2.54.